The zero-order valence-corrected chi connectivity index (χ0v) is 11.6. The average molecular weight is 261 g/mol. The van der Waals surface area contributed by atoms with Gasteiger partial charge in [0.15, 0.2) is 0 Å². The lowest BCUT2D eigenvalue weighted by Crippen LogP contribution is -2.57. The molecule has 19 heavy (non-hydrogen) atoms. The van der Waals surface area contributed by atoms with Crippen molar-refractivity contribution in [3.8, 4) is 0 Å². The highest BCUT2D eigenvalue weighted by molar-refractivity contribution is 5.88. The largest absolute Gasteiger partial charge is 0.371 e. The molecule has 0 radical (unpaired) electrons. The number of nitrogens with two attached hydrogens (primary N) is 1. The molecule has 0 aliphatic carbocycles. The van der Waals surface area contributed by atoms with Gasteiger partial charge in [-0.15, -0.1) is 0 Å². The Bertz CT molecular complexity index is 411. The lowest BCUT2D eigenvalue weighted by atomic mass is 9.86. The second kappa shape index (κ2) is 6.06. The summed E-state index contributed by atoms with van der Waals surface area (Å²) >= 11 is 0. The molecule has 1 heterocycles. The molecule has 2 rings (SSSR count). The number of piperidine rings is 1. The highest BCUT2D eigenvalue weighted by atomic mass is 16.1. The predicted octanol–water partition coefficient (Wildman–Crippen LogP) is 1.83. The molecule has 4 heteroatoms. The van der Waals surface area contributed by atoms with E-state index in [4.69, 9.17) is 5.73 Å². The average Bonchev–Trinajstić information content (AvgIpc) is 2.42. The van der Waals surface area contributed by atoms with Gasteiger partial charge >= 0.3 is 0 Å². The molecule has 0 spiro atoms. The first-order valence-electron chi connectivity index (χ1n) is 7.02. The van der Waals surface area contributed by atoms with E-state index in [2.05, 4.69) is 17.1 Å². The van der Waals surface area contributed by atoms with Crippen LogP contribution >= 0.6 is 0 Å². The normalized spacial score (nSPS) is 19.0. The van der Waals surface area contributed by atoms with Crippen molar-refractivity contribution < 1.29 is 4.79 Å². The molecule has 0 bridgehead atoms. The Morgan fingerprint density at radius 2 is 1.95 bits per heavy atom. The van der Waals surface area contributed by atoms with Gasteiger partial charge in [0.05, 0.1) is 0 Å². The van der Waals surface area contributed by atoms with Crippen molar-refractivity contribution in [3.05, 3.63) is 30.3 Å². The first kappa shape index (κ1) is 13.9. The SMILES string of the molecule is CCCN1CCC(Nc2ccccc2)(C(N)=O)CC1. The first-order valence-corrected chi connectivity index (χ1v) is 7.02. The van der Waals surface area contributed by atoms with Gasteiger partial charge in [0, 0.05) is 18.8 Å². The highest BCUT2D eigenvalue weighted by Crippen LogP contribution is 2.27. The fourth-order valence-electron chi connectivity index (χ4n) is 2.71. The van der Waals surface area contributed by atoms with Gasteiger partial charge in [0.1, 0.15) is 5.54 Å². The first-order chi connectivity index (χ1) is 9.16. The van der Waals surface area contributed by atoms with Gasteiger partial charge < -0.3 is 16.0 Å². The molecule has 0 unspecified atom stereocenters. The number of anilines is 1. The van der Waals surface area contributed by atoms with E-state index in [0.717, 1.165) is 44.6 Å². The van der Waals surface area contributed by atoms with Crippen LogP contribution in [-0.2, 0) is 4.79 Å². The van der Waals surface area contributed by atoms with Crippen LogP contribution in [0.2, 0.25) is 0 Å². The molecule has 1 aliphatic heterocycles. The summed E-state index contributed by atoms with van der Waals surface area (Å²) in [5.41, 5.74) is 6.02. The summed E-state index contributed by atoms with van der Waals surface area (Å²) in [7, 11) is 0. The van der Waals surface area contributed by atoms with Crippen molar-refractivity contribution in [2.24, 2.45) is 5.73 Å². The third-order valence-electron chi connectivity index (χ3n) is 3.88. The molecule has 1 fully saturated rings. The molecular weight excluding hydrogens is 238 g/mol. The van der Waals surface area contributed by atoms with E-state index < -0.39 is 5.54 Å². The minimum atomic E-state index is -0.592. The molecule has 1 aromatic carbocycles. The topological polar surface area (TPSA) is 58.4 Å². The van der Waals surface area contributed by atoms with Gasteiger partial charge in [-0.3, -0.25) is 4.79 Å². The van der Waals surface area contributed by atoms with Gasteiger partial charge in [-0.2, -0.15) is 0 Å². The Kier molecular flexibility index (Phi) is 4.43. The quantitative estimate of drug-likeness (QED) is 0.850. The zero-order valence-electron chi connectivity index (χ0n) is 11.6. The summed E-state index contributed by atoms with van der Waals surface area (Å²) in [6.45, 7) is 5.13. The molecule has 0 aromatic heterocycles. The fraction of sp³-hybridized carbons (Fsp3) is 0.533. The number of hydrogen-bond donors (Lipinski definition) is 2. The van der Waals surface area contributed by atoms with E-state index in [-0.39, 0.29) is 5.91 Å². The molecule has 1 aromatic rings. The van der Waals surface area contributed by atoms with Crippen LogP contribution in [0.5, 0.6) is 0 Å². The van der Waals surface area contributed by atoms with Crippen molar-refractivity contribution in [2.45, 2.75) is 31.7 Å². The van der Waals surface area contributed by atoms with E-state index in [1.807, 2.05) is 30.3 Å². The second-order valence-corrected chi connectivity index (χ2v) is 5.28. The molecule has 1 aliphatic rings. The zero-order chi connectivity index (χ0) is 13.7. The number of likely N-dealkylation sites (tertiary alicyclic amines) is 1. The smallest absolute Gasteiger partial charge is 0.243 e. The van der Waals surface area contributed by atoms with Crippen LogP contribution in [0.15, 0.2) is 30.3 Å². The maximum atomic E-state index is 11.9. The molecule has 4 nitrogen and oxygen atoms in total. The number of benzene rings is 1. The predicted molar refractivity (Wildman–Crippen MR) is 78.0 cm³/mol. The number of carbonyl (C=O) groups excluding carboxylic acids is 1. The van der Waals surface area contributed by atoms with E-state index in [9.17, 15) is 4.79 Å². The van der Waals surface area contributed by atoms with Gasteiger partial charge in [-0.25, -0.2) is 0 Å². The molecule has 0 saturated carbocycles. The summed E-state index contributed by atoms with van der Waals surface area (Å²) in [6.07, 6.45) is 2.70. The lowest BCUT2D eigenvalue weighted by Gasteiger charge is -2.40. The van der Waals surface area contributed by atoms with Crippen LogP contribution in [0, 0.1) is 0 Å². The Labute approximate surface area is 115 Å². The number of nitrogens with zero attached hydrogens (tertiary/aromatic N) is 1. The van der Waals surface area contributed by atoms with Crippen LogP contribution in [-0.4, -0.2) is 36.0 Å². The molecular formula is C15H23N3O. The van der Waals surface area contributed by atoms with E-state index in [1.165, 1.54) is 0 Å². The summed E-state index contributed by atoms with van der Waals surface area (Å²) < 4.78 is 0. The van der Waals surface area contributed by atoms with Crippen LogP contribution < -0.4 is 11.1 Å². The van der Waals surface area contributed by atoms with Crippen LogP contribution in [0.4, 0.5) is 5.69 Å². The van der Waals surface area contributed by atoms with Crippen molar-refractivity contribution in [1.29, 1.82) is 0 Å². The second-order valence-electron chi connectivity index (χ2n) is 5.28. The summed E-state index contributed by atoms with van der Waals surface area (Å²) in [4.78, 5) is 14.3. The Balaban J connectivity index is 2.06. The minimum Gasteiger partial charge on any atom is -0.371 e. The number of rotatable bonds is 5. The van der Waals surface area contributed by atoms with Gasteiger partial charge in [0.25, 0.3) is 0 Å². The van der Waals surface area contributed by atoms with E-state index in [0.29, 0.717) is 0 Å². The number of hydrogen-bond acceptors (Lipinski definition) is 3. The highest BCUT2D eigenvalue weighted by Gasteiger charge is 2.39. The van der Waals surface area contributed by atoms with E-state index >= 15 is 0 Å². The van der Waals surface area contributed by atoms with Crippen molar-refractivity contribution in [1.82, 2.24) is 4.90 Å². The third kappa shape index (κ3) is 3.26. The van der Waals surface area contributed by atoms with Gasteiger partial charge in [-0.1, -0.05) is 25.1 Å². The molecule has 0 atom stereocenters. The van der Waals surface area contributed by atoms with Crippen LogP contribution in [0.25, 0.3) is 0 Å². The minimum absolute atomic E-state index is 0.243. The number of carbonyl (C=O) groups is 1. The number of amides is 1. The lowest BCUT2D eigenvalue weighted by molar-refractivity contribution is -0.123. The third-order valence-corrected chi connectivity index (χ3v) is 3.88. The maximum Gasteiger partial charge on any atom is 0.243 e. The Hall–Kier alpha value is -1.55. The maximum absolute atomic E-state index is 11.9. The Morgan fingerprint density at radius 3 is 2.47 bits per heavy atom. The molecule has 3 N–H and O–H groups in total. The summed E-state index contributed by atoms with van der Waals surface area (Å²) in [5, 5.41) is 3.36. The van der Waals surface area contributed by atoms with Gasteiger partial charge in [-0.05, 0) is 37.9 Å². The number of para-hydroxylation sites is 1. The number of nitrogens with one attached hydrogen (secondary N) is 1. The van der Waals surface area contributed by atoms with Crippen molar-refractivity contribution >= 4 is 11.6 Å². The Morgan fingerprint density at radius 1 is 1.32 bits per heavy atom. The van der Waals surface area contributed by atoms with E-state index in [1.54, 1.807) is 0 Å². The summed E-state index contributed by atoms with van der Waals surface area (Å²) in [5.74, 6) is -0.243. The summed E-state index contributed by atoms with van der Waals surface area (Å²) in [6, 6.07) is 9.84. The fourth-order valence-corrected chi connectivity index (χ4v) is 2.71. The van der Waals surface area contributed by atoms with Crippen LogP contribution in [0.3, 0.4) is 0 Å². The molecule has 1 saturated heterocycles. The monoisotopic (exact) mass is 261 g/mol. The van der Waals surface area contributed by atoms with Crippen LogP contribution in [0.1, 0.15) is 26.2 Å². The van der Waals surface area contributed by atoms with Crippen molar-refractivity contribution in [3.63, 3.8) is 0 Å². The number of primary amides is 1. The molecule has 104 valence electrons. The molecule has 1 amide bonds. The van der Waals surface area contributed by atoms with Crippen molar-refractivity contribution in [2.75, 3.05) is 25.0 Å². The van der Waals surface area contributed by atoms with Gasteiger partial charge in [0.2, 0.25) is 5.91 Å². The standard InChI is InChI=1S/C15H23N3O/c1-2-10-18-11-8-15(9-12-18,14(16)19)17-13-6-4-3-5-7-13/h3-7,17H,2,8-12H2,1H3,(H2,16,19).